The molecule has 6 aromatic rings. The van der Waals surface area contributed by atoms with E-state index < -0.39 is 0 Å². The molecule has 2 heterocycles. The summed E-state index contributed by atoms with van der Waals surface area (Å²) in [5, 5.41) is 4.96. The van der Waals surface area contributed by atoms with Crippen LogP contribution < -0.4 is 18.9 Å². The molecule has 9 heteroatoms. The normalized spacial score (nSPS) is 11.3. The third kappa shape index (κ3) is 15.0. The van der Waals surface area contributed by atoms with Gasteiger partial charge in [-0.2, -0.15) is 5.10 Å². The Morgan fingerprint density at radius 1 is 0.439 bits per heavy atom. The van der Waals surface area contributed by atoms with E-state index in [2.05, 4.69) is 161 Å². The molecule has 66 heavy (non-hydrogen) atoms. The Morgan fingerprint density at radius 2 is 0.879 bits per heavy atom. The maximum Gasteiger partial charge on any atom is 0.129 e. The third-order valence-electron chi connectivity index (χ3n) is 12.5. The summed E-state index contributed by atoms with van der Waals surface area (Å²) in [6.45, 7) is 6.00. The van der Waals surface area contributed by atoms with Crippen LogP contribution in [0.25, 0.3) is 45.1 Å². The number of ether oxygens (including phenoxy) is 4. The Balaban J connectivity index is 1.27. The van der Waals surface area contributed by atoms with E-state index in [1.165, 1.54) is 116 Å². The van der Waals surface area contributed by atoms with Crippen molar-refractivity contribution in [1.82, 2.24) is 14.3 Å². The zero-order valence-corrected chi connectivity index (χ0v) is 44.4. The number of methoxy groups -OCH3 is 2. The molecular formula is C57H73I2N3O4. The monoisotopic (exact) mass is 1120 g/mol. The van der Waals surface area contributed by atoms with Gasteiger partial charge in [0.1, 0.15) is 23.0 Å². The minimum Gasteiger partial charge on any atom is -0.496 e. The van der Waals surface area contributed by atoms with E-state index in [1.54, 1.807) is 14.2 Å². The van der Waals surface area contributed by atoms with Crippen molar-refractivity contribution in [3.05, 3.63) is 110 Å². The van der Waals surface area contributed by atoms with Crippen molar-refractivity contribution in [3.63, 3.8) is 0 Å². The highest BCUT2D eigenvalue weighted by Crippen LogP contribution is 2.46. The van der Waals surface area contributed by atoms with Crippen molar-refractivity contribution in [1.29, 1.82) is 0 Å². The Bertz CT molecular complexity index is 2320. The third-order valence-corrected chi connectivity index (χ3v) is 13.8. The molecule has 0 saturated carbocycles. The zero-order chi connectivity index (χ0) is 46.4. The lowest BCUT2D eigenvalue weighted by molar-refractivity contribution is 0.304. The zero-order valence-electron chi connectivity index (χ0n) is 40.1. The molecule has 2 aromatic heterocycles. The molecule has 0 saturated heterocycles. The first kappa shape index (κ1) is 51.4. The van der Waals surface area contributed by atoms with Gasteiger partial charge in [0.15, 0.2) is 0 Å². The van der Waals surface area contributed by atoms with Crippen LogP contribution in [0.4, 0.5) is 0 Å². The van der Waals surface area contributed by atoms with Gasteiger partial charge in [0.25, 0.3) is 0 Å². The predicted octanol–water partition coefficient (Wildman–Crippen LogP) is 17.5. The molecule has 0 aliphatic rings. The van der Waals surface area contributed by atoms with Crippen LogP contribution in [-0.4, -0.2) is 41.8 Å². The Morgan fingerprint density at radius 3 is 1.36 bits per heavy atom. The number of hydrogen-bond donors (Lipinski definition) is 0. The smallest absolute Gasteiger partial charge is 0.129 e. The standard InChI is InChI=1S/C57H73I2N3O4/c1-5-7-9-11-13-15-17-19-21-23-39-65-48-31-27-46(28-32-48)61-54(51-36-26-45(59)42-56(51)64-4)43-52(50-35-25-44(58)41-55(50)63-3)57(61)53-37-38-60-62(53)47-29-33-49(34-30-47)66-40-24-22-20-18-16-14-12-10-8-6-2/h25-38,41-43H,5-24,39-40H2,1-4H3. The van der Waals surface area contributed by atoms with Crippen LogP contribution in [0.1, 0.15) is 142 Å². The lowest BCUT2D eigenvalue weighted by Crippen LogP contribution is -2.06. The molecule has 0 radical (unpaired) electrons. The van der Waals surface area contributed by atoms with E-state index in [9.17, 15) is 0 Å². The summed E-state index contributed by atoms with van der Waals surface area (Å²) < 4.78 is 31.3. The summed E-state index contributed by atoms with van der Waals surface area (Å²) in [5.74, 6) is 3.34. The first-order valence-corrected chi connectivity index (χ1v) is 27.1. The van der Waals surface area contributed by atoms with Crippen molar-refractivity contribution in [2.24, 2.45) is 0 Å². The van der Waals surface area contributed by atoms with E-state index in [0.29, 0.717) is 0 Å². The average Bonchev–Trinajstić information content (AvgIpc) is 3.98. The van der Waals surface area contributed by atoms with Gasteiger partial charge in [-0.25, -0.2) is 4.68 Å². The maximum atomic E-state index is 6.33. The molecule has 0 aliphatic carbocycles. The van der Waals surface area contributed by atoms with Gasteiger partial charge >= 0.3 is 0 Å². The van der Waals surface area contributed by atoms with Crippen LogP contribution in [0.3, 0.4) is 0 Å². The summed E-state index contributed by atoms with van der Waals surface area (Å²) in [7, 11) is 3.49. The fraction of sp³-hybridized carbons (Fsp3) is 0.456. The molecule has 354 valence electrons. The minimum atomic E-state index is 0.717. The van der Waals surface area contributed by atoms with Crippen LogP contribution in [0.15, 0.2) is 103 Å². The van der Waals surface area contributed by atoms with Crippen molar-refractivity contribution in [3.8, 4) is 68.1 Å². The molecule has 0 atom stereocenters. The van der Waals surface area contributed by atoms with E-state index in [1.807, 2.05) is 10.9 Å². The Labute approximate surface area is 423 Å². The summed E-state index contributed by atoms with van der Waals surface area (Å²) in [6, 6.07) is 34.0. The summed E-state index contributed by atoms with van der Waals surface area (Å²) in [5.41, 5.74) is 7.80. The van der Waals surface area contributed by atoms with E-state index in [0.717, 1.165) is 101 Å². The van der Waals surface area contributed by atoms with Gasteiger partial charge in [-0.15, -0.1) is 0 Å². The maximum absolute atomic E-state index is 6.33. The van der Waals surface area contributed by atoms with Gasteiger partial charge in [0, 0.05) is 29.5 Å². The number of hydrogen-bond acceptors (Lipinski definition) is 5. The van der Waals surface area contributed by atoms with E-state index >= 15 is 0 Å². The molecule has 0 spiro atoms. The molecule has 0 bridgehead atoms. The average molecular weight is 1120 g/mol. The van der Waals surface area contributed by atoms with Crippen LogP contribution in [-0.2, 0) is 0 Å². The van der Waals surface area contributed by atoms with Crippen LogP contribution >= 0.6 is 45.2 Å². The second kappa shape index (κ2) is 28.4. The Kier molecular flexibility index (Phi) is 22.1. The molecular weight excluding hydrogens is 1040 g/mol. The summed E-state index contributed by atoms with van der Waals surface area (Å²) in [6.07, 6.45) is 28.0. The fourth-order valence-electron chi connectivity index (χ4n) is 8.82. The van der Waals surface area contributed by atoms with E-state index in [4.69, 9.17) is 24.0 Å². The minimum absolute atomic E-state index is 0.717. The Hall–Kier alpha value is -3.97. The number of halogens is 2. The van der Waals surface area contributed by atoms with Gasteiger partial charge in [-0.3, -0.25) is 0 Å². The van der Waals surface area contributed by atoms with Gasteiger partial charge < -0.3 is 23.5 Å². The van der Waals surface area contributed by atoms with Gasteiger partial charge in [-0.05, 0) is 155 Å². The number of benzene rings is 4. The van der Waals surface area contributed by atoms with Crippen LogP contribution in [0, 0.1) is 7.14 Å². The first-order chi connectivity index (χ1) is 32.4. The van der Waals surface area contributed by atoms with Crippen molar-refractivity contribution >= 4 is 45.2 Å². The van der Waals surface area contributed by atoms with Gasteiger partial charge in [0.05, 0.1) is 56.4 Å². The van der Waals surface area contributed by atoms with Crippen LogP contribution in [0.2, 0.25) is 0 Å². The second-order valence-electron chi connectivity index (χ2n) is 17.5. The molecule has 0 N–H and O–H groups in total. The van der Waals surface area contributed by atoms with Crippen molar-refractivity contribution < 1.29 is 18.9 Å². The highest BCUT2D eigenvalue weighted by Gasteiger charge is 2.27. The quantitative estimate of drug-likeness (QED) is 0.0321. The number of rotatable bonds is 31. The molecule has 0 unspecified atom stereocenters. The number of unbranched alkanes of at least 4 members (excludes halogenated alkanes) is 18. The largest absolute Gasteiger partial charge is 0.496 e. The first-order valence-electron chi connectivity index (χ1n) is 24.9. The summed E-state index contributed by atoms with van der Waals surface area (Å²) >= 11 is 4.70. The SMILES string of the molecule is CCCCCCCCCCCCOc1ccc(-n2nccc2-c2c(-c3ccc(I)cc3OC)cc(-c3ccc(I)cc3OC)n2-c2ccc(OCCCCCCCCCCCC)cc2)cc1. The molecule has 6 rings (SSSR count). The van der Waals surface area contributed by atoms with Gasteiger partial charge in [0.2, 0.25) is 0 Å². The lowest BCUT2D eigenvalue weighted by atomic mass is 10.0. The van der Waals surface area contributed by atoms with Crippen molar-refractivity contribution in [2.45, 2.75) is 142 Å². The predicted molar refractivity (Wildman–Crippen MR) is 292 cm³/mol. The van der Waals surface area contributed by atoms with Crippen molar-refractivity contribution in [2.75, 3.05) is 27.4 Å². The molecule has 0 fully saturated rings. The van der Waals surface area contributed by atoms with Gasteiger partial charge in [-0.1, -0.05) is 129 Å². The fourth-order valence-corrected chi connectivity index (χ4v) is 9.75. The highest BCUT2D eigenvalue weighted by atomic mass is 127. The lowest BCUT2D eigenvalue weighted by Gasteiger charge is -2.19. The molecule has 0 aliphatic heterocycles. The van der Waals surface area contributed by atoms with Crippen LogP contribution in [0.5, 0.6) is 23.0 Å². The molecule has 0 amide bonds. The number of nitrogens with zero attached hydrogens (tertiary/aromatic N) is 3. The van der Waals surface area contributed by atoms with E-state index in [-0.39, 0.29) is 0 Å². The molecule has 4 aromatic carbocycles. The summed E-state index contributed by atoms with van der Waals surface area (Å²) in [4.78, 5) is 0. The highest BCUT2D eigenvalue weighted by molar-refractivity contribution is 14.1. The topological polar surface area (TPSA) is 59.7 Å². The molecule has 7 nitrogen and oxygen atoms in total. The second-order valence-corrected chi connectivity index (χ2v) is 20.0. The number of aromatic nitrogens is 3.